The van der Waals surface area contributed by atoms with Gasteiger partial charge in [0.15, 0.2) is 0 Å². The smallest absolute Gasteiger partial charge is 0.124 e. The Bertz CT molecular complexity index is 427. The Morgan fingerprint density at radius 1 is 1.25 bits per heavy atom. The van der Waals surface area contributed by atoms with Crippen LogP contribution < -0.4 is 5.32 Å². The summed E-state index contributed by atoms with van der Waals surface area (Å²) in [6.07, 6.45) is 6.48. The maximum Gasteiger partial charge on any atom is 0.124 e. The van der Waals surface area contributed by atoms with E-state index in [1.807, 2.05) is 6.07 Å². The van der Waals surface area contributed by atoms with Crippen LogP contribution in [0.25, 0.3) is 0 Å². The van der Waals surface area contributed by atoms with E-state index >= 15 is 0 Å². The highest BCUT2D eigenvalue weighted by molar-refractivity contribution is 6.31. The maximum atomic E-state index is 13.3. The molecule has 1 aromatic carbocycles. The highest BCUT2D eigenvalue weighted by Crippen LogP contribution is 2.38. The van der Waals surface area contributed by atoms with Gasteiger partial charge in [-0.05, 0) is 36.5 Å². The number of hydrogen-bond acceptors (Lipinski definition) is 1. The van der Waals surface area contributed by atoms with E-state index in [9.17, 15) is 4.39 Å². The first-order chi connectivity index (χ1) is 9.58. The van der Waals surface area contributed by atoms with Crippen molar-refractivity contribution >= 4 is 11.6 Å². The van der Waals surface area contributed by atoms with Crippen LogP contribution in [-0.4, -0.2) is 12.6 Å². The van der Waals surface area contributed by atoms with Crippen molar-refractivity contribution in [3.8, 4) is 0 Å². The first-order valence-corrected chi connectivity index (χ1v) is 8.14. The van der Waals surface area contributed by atoms with E-state index in [2.05, 4.69) is 19.2 Å². The molecule has 112 valence electrons. The average Bonchev–Trinajstić information content (AvgIpc) is 2.42. The standard InChI is InChI=1S/C17H25ClFN/c1-12(2)20-11-16(13-6-4-3-5-7-13)15-9-8-14(19)10-17(15)18/h8-10,12-13,16,20H,3-7,11H2,1-2H3. The van der Waals surface area contributed by atoms with E-state index in [0.717, 1.165) is 12.1 Å². The molecule has 1 saturated carbocycles. The second kappa shape index (κ2) is 7.42. The summed E-state index contributed by atoms with van der Waals surface area (Å²) < 4.78 is 13.3. The Balaban J connectivity index is 2.19. The van der Waals surface area contributed by atoms with Crippen LogP contribution in [0.2, 0.25) is 5.02 Å². The van der Waals surface area contributed by atoms with E-state index in [0.29, 0.717) is 22.9 Å². The number of halogens is 2. The molecular formula is C17H25ClFN. The molecule has 1 fully saturated rings. The Morgan fingerprint density at radius 2 is 1.95 bits per heavy atom. The summed E-state index contributed by atoms with van der Waals surface area (Å²) in [6, 6.07) is 5.31. The molecule has 1 aliphatic rings. The lowest BCUT2D eigenvalue weighted by Crippen LogP contribution is -2.32. The molecule has 0 amide bonds. The number of hydrogen-bond donors (Lipinski definition) is 1. The molecule has 0 aromatic heterocycles. The Hall–Kier alpha value is -0.600. The van der Waals surface area contributed by atoms with Crippen molar-refractivity contribution in [2.45, 2.75) is 57.9 Å². The van der Waals surface area contributed by atoms with Crippen molar-refractivity contribution in [2.75, 3.05) is 6.54 Å². The lowest BCUT2D eigenvalue weighted by atomic mass is 9.76. The minimum Gasteiger partial charge on any atom is -0.314 e. The van der Waals surface area contributed by atoms with Crippen LogP contribution in [0.3, 0.4) is 0 Å². The van der Waals surface area contributed by atoms with Gasteiger partial charge in [0, 0.05) is 23.5 Å². The van der Waals surface area contributed by atoms with Gasteiger partial charge in [-0.2, -0.15) is 0 Å². The minimum atomic E-state index is -0.252. The highest BCUT2D eigenvalue weighted by atomic mass is 35.5. The number of nitrogens with one attached hydrogen (secondary N) is 1. The monoisotopic (exact) mass is 297 g/mol. The Labute approximate surface area is 126 Å². The van der Waals surface area contributed by atoms with Gasteiger partial charge in [0.2, 0.25) is 0 Å². The van der Waals surface area contributed by atoms with Gasteiger partial charge in [0.1, 0.15) is 5.82 Å². The van der Waals surface area contributed by atoms with Crippen molar-refractivity contribution in [3.63, 3.8) is 0 Å². The third-order valence-electron chi connectivity index (χ3n) is 4.33. The van der Waals surface area contributed by atoms with Gasteiger partial charge in [-0.25, -0.2) is 4.39 Å². The Morgan fingerprint density at radius 3 is 2.55 bits per heavy atom. The van der Waals surface area contributed by atoms with Crippen LogP contribution in [0, 0.1) is 11.7 Å². The fraction of sp³-hybridized carbons (Fsp3) is 0.647. The molecule has 2 rings (SSSR count). The lowest BCUT2D eigenvalue weighted by molar-refractivity contribution is 0.293. The van der Waals surface area contributed by atoms with Crippen LogP contribution in [0.15, 0.2) is 18.2 Å². The minimum absolute atomic E-state index is 0.252. The largest absolute Gasteiger partial charge is 0.314 e. The van der Waals surface area contributed by atoms with Crippen LogP contribution >= 0.6 is 11.6 Å². The van der Waals surface area contributed by atoms with Gasteiger partial charge in [0.05, 0.1) is 0 Å². The summed E-state index contributed by atoms with van der Waals surface area (Å²) in [5.74, 6) is 0.807. The van der Waals surface area contributed by atoms with E-state index in [1.165, 1.54) is 44.2 Å². The van der Waals surface area contributed by atoms with Gasteiger partial charge in [0.25, 0.3) is 0 Å². The number of benzene rings is 1. The van der Waals surface area contributed by atoms with Crippen LogP contribution in [0.5, 0.6) is 0 Å². The summed E-state index contributed by atoms with van der Waals surface area (Å²) >= 11 is 6.29. The van der Waals surface area contributed by atoms with E-state index in [-0.39, 0.29) is 5.82 Å². The van der Waals surface area contributed by atoms with Gasteiger partial charge >= 0.3 is 0 Å². The van der Waals surface area contributed by atoms with Crippen LogP contribution in [0.4, 0.5) is 4.39 Å². The molecule has 0 heterocycles. The fourth-order valence-corrected chi connectivity index (χ4v) is 3.54. The second-order valence-electron chi connectivity index (χ2n) is 6.23. The van der Waals surface area contributed by atoms with Crippen molar-refractivity contribution in [2.24, 2.45) is 5.92 Å². The molecule has 0 spiro atoms. The summed E-state index contributed by atoms with van der Waals surface area (Å²) in [5, 5.41) is 4.11. The van der Waals surface area contributed by atoms with E-state index < -0.39 is 0 Å². The van der Waals surface area contributed by atoms with E-state index in [1.54, 1.807) is 0 Å². The molecule has 1 aromatic rings. The summed E-state index contributed by atoms with van der Waals surface area (Å²) in [4.78, 5) is 0. The summed E-state index contributed by atoms with van der Waals surface area (Å²) in [6.45, 7) is 5.24. The second-order valence-corrected chi connectivity index (χ2v) is 6.64. The predicted molar refractivity (Wildman–Crippen MR) is 83.9 cm³/mol. The number of rotatable bonds is 5. The third-order valence-corrected chi connectivity index (χ3v) is 4.65. The Kier molecular flexibility index (Phi) is 5.86. The normalized spacial score (nSPS) is 18.4. The van der Waals surface area contributed by atoms with Crippen molar-refractivity contribution < 1.29 is 4.39 Å². The first kappa shape index (κ1) is 15.8. The molecule has 1 aliphatic carbocycles. The van der Waals surface area contributed by atoms with Gasteiger partial charge in [-0.3, -0.25) is 0 Å². The molecule has 20 heavy (non-hydrogen) atoms. The van der Waals surface area contributed by atoms with E-state index in [4.69, 9.17) is 11.6 Å². The highest BCUT2D eigenvalue weighted by Gasteiger charge is 2.26. The summed E-state index contributed by atoms with van der Waals surface area (Å²) in [5.41, 5.74) is 1.10. The molecular weight excluding hydrogens is 273 g/mol. The molecule has 3 heteroatoms. The molecule has 0 bridgehead atoms. The van der Waals surface area contributed by atoms with Gasteiger partial charge < -0.3 is 5.32 Å². The molecule has 1 atom stereocenters. The molecule has 1 nitrogen and oxygen atoms in total. The van der Waals surface area contributed by atoms with Gasteiger partial charge in [-0.15, -0.1) is 0 Å². The van der Waals surface area contributed by atoms with Crippen LogP contribution in [0.1, 0.15) is 57.4 Å². The quantitative estimate of drug-likeness (QED) is 0.793. The SMILES string of the molecule is CC(C)NCC(c1ccc(F)cc1Cl)C1CCCCC1. The van der Waals surface area contributed by atoms with Crippen molar-refractivity contribution in [1.82, 2.24) is 5.32 Å². The zero-order chi connectivity index (χ0) is 14.5. The van der Waals surface area contributed by atoms with Crippen molar-refractivity contribution in [3.05, 3.63) is 34.6 Å². The third kappa shape index (κ3) is 4.20. The zero-order valence-corrected chi connectivity index (χ0v) is 13.2. The summed E-state index contributed by atoms with van der Waals surface area (Å²) in [7, 11) is 0. The van der Waals surface area contributed by atoms with Gasteiger partial charge in [-0.1, -0.05) is 50.8 Å². The lowest BCUT2D eigenvalue weighted by Gasteiger charge is -2.32. The zero-order valence-electron chi connectivity index (χ0n) is 12.5. The van der Waals surface area contributed by atoms with Crippen molar-refractivity contribution in [1.29, 1.82) is 0 Å². The molecule has 0 radical (unpaired) electrons. The maximum absolute atomic E-state index is 13.3. The molecule has 0 saturated heterocycles. The predicted octanol–water partition coefficient (Wildman–Crippen LogP) is 5.14. The van der Waals surface area contributed by atoms with Crippen LogP contribution in [-0.2, 0) is 0 Å². The fourth-order valence-electron chi connectivity index (χ4n) is 3.23. The average molecular weight is 298 g/mol. The molecule has 1 unspecified atom stereocenters. The molecule has 1 N–H and O–H groups in total. The first-order valence-electron chi connectivity index (χ1n) is 7.76. The topological polar surface area (TPSA) is 12.0 Å². The molecule has 0 aliphatic heterocycles.